The first kappa shape index (κ1) is 20.0. The van der Waals surface area contributed by atoms with Gasteiger partial charge in [-0.3, -0.25) is 4.90 Å². The molecule has 1 saturated heterocycles. The highest BCUT2D eigenvalue weighted by molar-refractivity contribution is 5.32. The van der Waals surface area contributed by atoms with Crippen LogP contribution in [0.5, 0.6) is 0 Å². The summed E-state index contributed by atoms with van der Waals surface area (Å²) in [4.78, 5) is 2.36. The van der Waals surface area contributed by atoms with Gasteiger partial charge in [0.15, 0.2) is 0 Å². The van der Waals surface area contributed by atoms with Gasteiger partial charge in [-0.25, -0.2) is 4.39 Å². The van der Waals surface area contributed by atoms with E-state index in [-0.39, 0.29) is 11.7 Å². The normalized spacial score (nSPS) is 18.8. The molecule has 0 radical (unpaired) electrons. The minimum atomic E-state index is -1.04. The zero-order chi connectivity index (χ0) is 19.1. The molecule has 1 aliphatic rings. The van der Waals surface area contributed by atoms with Gasteiger partial charge in [-0.2, -0.15) is 0 Å². The third kappa shape index (κ3) is 4.95. The van der Waals surface area contributed by atoms with Crippen molar-refractivity contribution >= 4 is 0 Å². The highest BCUT2D eigenvalue weighted by Crippen LogP contribution is 2.41. The van der Waals surface area contributed by atoms with E-state index in [0.29, 0.717) is 6.42 Å². The average Bonchev–Trinajstić information content (AvgIpc) is 2.72. The predicted molar refractivity (Wildman–Crippen MR) is 106 cm³/mol. The van der Waals surface area contributed by atoms with Gasteiger partial charge in [-0.15, -0.1) is 0 Å². The number of aliphatic hydroxyl groups is 1. The second-order valence-corrected chi connectivity index (χ2v) is 7.41. The van der Waals surface area contributed by atoms with E-state index in [0.717, 1.165) is 56.8 Å². The summed E-state index contributed by atoms with van der Waals surface area (Å²) in [6.45, 7) is 6.08. The van der Waals surface area contributed by atoms with Crippen LogP contribution >= 0.6 is 0 Å². The Morgan fingerprint density at radius 2 is 1.74 bits per heavy atom. The van der Waals surface area contributed by atoms with Crippen molar-refractivity contribution in [2.75, 3.05) is 32.8 Å². The second-order valence-electron chi connectivity index (χ2n) is 7.41. The van der Waals surface area contributed by atoms with Crippen LogP contribution in [0.15, 0.2) is 54.6 Å². The second kappa shape index (κ2) is 9.45. The molecule has 0 saturated carbocycles. The zero-order valence-electron chi connectivity index (χ0n) is 16.1. The molecule has 0 unspecified atom stereocenters. The number of nitrogens with zero attached hydrogens (tertiary/aromatic N) is 1. The Hall–Kier alpha value is -1.75. The molecule has 4 heteroatoms. The van der Waals surface area contributed by atoms with Crippen LogP contribution in [0.2, 0.25) is 0 Å². The summed E-state index contributed by atoms with van der Waals surface area (Å²) in [7, 11) is 0. The van der Waals surface area contributed by atoms with E-state index in [1.807, 2.05) is 18.2 Å². The third-order valence-electron chi connectivity index (χ3n) is 5.58. The lowest BCUT2D eigenvalue weighted by Gasteiger charge is -2.41. The van der Waals surface area contributed by atoms with Crippen LogP contribution in [-0.2, 0) is 10.3 Å². The number of morpholine rings is 1. The molecule has 1 heterocycles. The summed E-state index contributed by atoms with van der Waals surface area (Å²) < 4.78 is 19.0. The number of halogens is 1. The van der Waals surface area contributed by atoms with E-state index in [2.05, 4.69) is 24.0 Å². The van der Waals surface area contributed by atoms with E-state index in [1.165, 1.54) is 12.1 Å². The maximum Gasteiger partial charge on any atom is 0.123 e. The number of ether oxygens (including phenoxy) is 1. The first-order valence-electron chi connectivity index (χ1n) is 9.97. The highest BCUT2D eigenvalue weighted by atomic mass is 19.1. The Balaban J connectivity index is 1.99. The van der Waals surface area contributed by atoms with Gasteiger partial charge < -0.3 is 9.84 Å². The first-order valence-corrected chi connectivity index (χ1v) is 9.97. The standard InChI is InChI=1S/C23H30FNO2/c1-2-3-13-23(26,20-9-11-21(24)12-10-20)22(19-7-5-4-6-8-19)18-25-14-16-27-17-15-25/h4-12,22,26H,2-3,13-18H2,1H3/t22-,23-/m1/s1. The van der Waals surface area contributed by atoms with Crippen molar-refractivity contribution < 1.29 is 14.2 Å². The molecule has 2 atom stereocenters. The number of hydrogen-bond donors (Lipinski definition) is 1. The van der Waals surface area contributed by atoms with Crippen LogP contribution in [0.3, 0.4) is 0 Å². The molecule has 3 rings (SSSR count). The maximum atomic E-state index is 13.5. The van der Waals surface area contributed by atoms with Crippen molar-refractivity contribution in [3.8, 4) is 0 Å². The van der Waals surface area contributed by atoms with Gasteiger partial charge in [0.25, 0.3) is 0 Å². The Kier molecular flexibility index (Phi) is 7.00. The zero-order valence-corrected chi connectivity index (χ0v) is 16.1. The summed E-state index contributed by atoms with van der Waals surface area (Å²) in [5, 5.41) is 12.0. The maximum absolute atomic E-state index is 13.5. The number of hydrogen-bond acceptors (Lipinski definition) is 3. The van der Waals surface area contributed by atoms with Gasteiger partial charge >= 0.3 is 0 Å². The lowest BCUT2D eigenvalue weighted by molar-refractivity contribution is -0.0294. The molecule has 0 bridgehead atoms. The molecule has 2 aromatic carbocycles. The molecule has 0 aliphatic carbocycles. The summed E-state index contributed by atoms with van der Waals surface area (Å²) in [5.74, 6) is -0.366. The van der Waals surface area contributed by atoms with Crippen LogP contribution in [0.25, 0.3) is 0 Å². The minimum Gasteiger partial charge on any atom is -0.384 e. The average molecular weight is 371 g/mol. The van der Waals surface area contributed by atoms with E-state index >= 15 is 0 Å². The molecule has 2 aromatic rings. The molecule has 27 heavy (non-hydrogen) atoms. The smallest absolute Gasteiger partial charge is 0.123 e. The third-order valence-corrected chi connectivity index (χ3v) is 5.58. The van der Waals surface area contributed by atoms with E-state index in [1.54, 1.807) is 12.1 Å². The molecule has 0 spiro atoms. The van der Waals surface area contributed by atoms with Crippen LogP contribution in [0.4, 0.5) is 4.39 Å². The number of rotatable bonds is 8. The Bertz CT molecular complexity index is 685. The van der Waals surface area contributed by atoms with Crippen LogP contribution < -0.4 is 0 Å². The van der Waals surface area contributed by atoms with Gasteiger partial charge in [0.1, 0.15) is 5.82 Å². The van der Waals surface area contributed by atoms with Crippen LogP contribution in [0, 0.1) is 5.82 Å². The fourth-order valence-corrected chi connectivity index (χ4v) is 3.96. The highest BCUT2D eigenvalue weighted by Gasteiger charge is 2.40. The first-order chi connectivity index (χ1) is 13.1. The lowest BCUT2D eigenvalue weighted by atomic mass is 9.74. The molecule has 3 nitrogen and oxygen atoms in total. The van der Waals surface area contributed by atoms with Crippen molar-refractivity contribution in [1.29, 1.82) is 0 Å². The van der Waals surface area contributed by atoms with Crippen molar-refractivity contribution in [1.82, 2.24) is 4.90 Å². The summed E-state index contributed by atoms with van der Waals surface area (Å²) >= 11 is 0. The molecule has 1 aliphatic heterocycles. The molecule has 0 amide bonds. The number of unbranched alkanes of at least 4 members (excludes halogenated alkanes) is 1. The van der Waals surface area contributed by atoms with Gasteiger partial charge in [0.05, 0.1) is 18.8 Å². The molecule has 146 valence electrons. The molecule has 1 fully saturated rings. The van der Waals surface area contributed by atoms with E-state index in [9.17, 15) is 9.50 Å². The fourth-order valence-electron chi connectivity index (χ4n) is 3.96. The van der Waals surface area contributed by atoms with Gasteiger partial charge in [0.2, 0.25) is 0 Å². The Morgan fingerprint density at radius 3 is 2.37 bits per heavy atom. The molecule has 0 aromatic heterocycles. The predicted octanol–water partition coefficient (Wildman–Crippen LogP) is 4.32. The number of benzene rings is 2. The topological polar surface area (TPSA) is 32.7 Å². The largest absolute Gasteiger partial charge is 0.384 e. The van der Waals surface area contributed by atoms with E-state index < -0.39 is 5.60 Å². The SMILES string of the molecule is CCCC[C@@](O)(c1ccc(F)cc1)[C@H](CN1CCOCC1)c1ccccc1. The molecular formula is C23H30FNO2. The quantitative estimate of drug-likeness (QED) is 0.750. The minimum absolute atomic E-state index is 0.0891. The van der Waals surface area contributed by atoms with Gasteiger partial charge in [-0.05, 0) is 29.7 Å². The summed E-state index contributed by atoms with van der Waals surface area (Å²) in [6, 6.07) is 16.6. The Morgan fingerprint density at radius 1 is 1.07 bits per heavy atom. The Labute approximate surface area is 161 Å². The van der Waals surface area contributed by atoms with E-state index in [4.69, 9.17) is 4.74 Å². The summed E-state index contributed by atoms with van der Waals surface area (Å²) in [5.41, 5.74) is 0.870. The van der Waals surface area contributed by atoms with Crippen molar-refractivity contribution in [2.45, 2.75) is 37.7 Å². The molecular weight excluding hydrogens is 341 g/mol. The van der Waals surface area contributed by atoms with Crippen LogP contribution in [-0.4, -0.2) is 42.9 Å². The van der Waals surface area contributed by atoms with Gasteiger partial charge in [0, 0.05) is 25.6 Å². The van der Waals surface area contributed by atoms with Crippen molar-refractivity contribution in [2.24, 2.45) is 0 Å². The summed E-state index contributed by atoms with van der Waals surface area (Å²) in [6.07, 6.45) is 2.57. The van der Waals surface area contributed by atoms with Gasteiger partial charge in [-0.1, -0.05) is 62.2 Å². The molecule has 1 N–H and O–H groups in total. The lowest BCUT2D eigenvalue weighted by Crippen LogP contribution is -2.45. The van der Waals surface area contributed by atoms with Crippen molar-refractivity contribution in [3.63, 3.8) is 0 Å². The van der Waals surface area contributed by atoms with Crippen LogP contribution in [0.1, 0.15) is 43.2 Å². The fraction of sp³-hybridized carbons (Fsp3) is 0.478. The van der Waals surface area contributed by atoms with Crippen molar-refractivity contribution in [3.05, 3.63) is 71.5 Å². The monoisotopic (exact) mass is 371 g/mol.